The standard InChI is InChI=1S/C23H23FN2O/c1-16-7-13-19(14-10-17-8-11-18(24)12-9-17)26(16)23(27)21-4-2-6-22-20(21)5-3-15-25-22/h2-6,8-9,11-12,15-16,19H,7,10,13-14H2,1H3/t16-,19-/m1/s1. The third-order valence-electron chi connectivity index (χ3n) is 5.58. The number of halogens is 1. The van der Waals surface area contributed by atoms with E-state index in [-0.39, 0.29) is 23.8 Å². The molecule has 27 heavy (non-hydrogen) atoms. The van der Waals surface area contributed by atoms with E-state index in [1.807, 2.05) is 47.4 Å². The first kappa shape index (κ1) is 17.7. The average molecular weight is 362 g/mol. The Morgan fingerprint density at radius 3 is 2.74 bits per heavy atom. The summed E-state index contributed by atoms with van der Waals surface area (Å²) < 4.78 is 13.1. The molecular formula is C23H23FN2O. The van der Waals surface area contributed by atoms with Crippen molar-refractivity contribution in [3.63, 3.8) is 0 Å². The van der Waals surface area contributed by atoms with Crippen LogP contribution in [0.1, 0.15) is 42.1 Å². The lowest BCUT2D eigenvalue weighted by molar-refractivity contribution is 0.0675. The molecule has 2 heterocycles. The van der Waals surface area contributed by atoms with Crippen LogP contribution in [0.15, 0.2) is 60.8 Å². The summed E-state index contributed by atoms with van der Waals surface area (Å²) in [6.07, 6.45) is 5.52. The number of likely N-dealkylation sites (tertiary alicyclic amines) is 1. The van der Waals surface area contributed by atoms with Gasteiger partial charge in [0.2, 0.25) is 0 Å². The second-order valence-electron chi connectivity index (χ2n) is 7.33. The average Bonchev–Trinajstić information content (AvgIpc) is 3.07. The van der Waals surface area contributed by atoms with E-state index in [2.05, 4.69) is 11.9 Å². The molecule has 0 bridgehead atoms. The van der Waals surface area contributed by atoms with Gasteiger partial charge < -0.3 is 4.90 Å². The highest BCUT2D eigenvalue weighted by Crippen LogP contribution is 2.30. The first-order valence-electron chi connectivity index (χ1n) is 9.54. The van der Waals surface area contributed by atoms with Crippen molar-refractivity contribution in [3.8, 4) is 0 Å². The van der Waals surface area contributed by atoms with Gasteiger partial charge in [-0.05, 0) is 68.5 Å². The fraction of sp³-hybridized carbons (Fsp3) is 0.304. The van der Waals surface area contributed by atoms with Gasteiger partial charge in [0, 0.05) is 29.2 Å². The maximum atomic E-state index is 13.4. The van der Waals surface area contributed by atoms with Crippen LogP contribution in [-0.2, 0) is 6.42 Å². The summed E-state index contributed by atoms with van der Waals surface area (Å²) in [6.45, 7) is 2.12. The van der Waals surface area contributed by atoms with Crippen molar-refractivity contribution in [2.24, 2.45) is 0 Å². The SMILES string of the molecule is C[C@@H]1CC[C@H](CCc2ccc(F)cc2)N1C(=O)c1cccc2ncccc12. The fourth-order valence-electron chi connectivity index (χ4n) is 4.13. The van der Waals surface area contributed by atoms with Gasteiger partial charge in [0.05, 0.1) is 5.52 Å². The van der Waals surface area contributed by atoms with E-state index in [4.69, 9.17) is 0 Å². The van der Waals surface area contributed by atoms with Crippen molar-refractivity contribution in [1.82, 2.24) is 9.88 Å². The Labute approximate surface area is 158 Å². The van der Waals surface area contributed by atoms with E-state index in [1.165, 1.54) is 12.1 Å². The molecule has 1 fully saturated rings. The van der Waals surface area contributed by atoms with Crippen LogP contribution < -0.4 is 0 Å². The zero-order valence-corrected chi connectivity index (χ0v) is 15.4. The molecule has 138 valence electrons. The molecule has 0 spiro atoms. The predicted molar refractivity (Wildman–Crippen MR) is 105 cm³/mol. The van der Waals surface area contributed by atoms with Gasteiger partial charge in [-0.3, -0.25) is 9.78 Å². The van der Waals surface area contributed by atoms with E-state index in [1.54, 1.807) is 6.20 Å². The van der Waals surface area contributed by atoms with Gasteiger partial charge in [-0.2, -0.15) is 0 Å². The van der Waals surface area contributed by atoms with Gasteiger partial charge in [-0.1, -0.05) is 24.3 Å². The highest BCUT2D eigenvalue weighted by Gasteiger charge is 2.34. The van der Waals surface area contributed by atoms with Crippen LogP contribution in [0.5, 0.6) is 0 Å². The lowest BCUT2D eigenvalue weighted by atomic mass is 10.0. The summed E-state index contributed by atoms with van der Waals surface area (Å²) in [4.78, 5) is 19.8. The molecule has 1 aliphatic heterocycles. The zero-order valence-electron chi connectivity index (χ0n) is 15.4. The lowest BCUT2D eigenvalue weighted by Crippen LogP contribution is -2.40. The number of aryl methyl sites for hydroxylation is 1. The molecule has 0 radical (unpaired) electrons. The van der Waals surface area contributed by atoms with E-state index in [0.717, 1.165) is 47.7 Å². The summed E-state index contributed by atoms with van der Waals surface area (Å²) in [5.41, 5.74) is 2.68. The highest BCUT2D eigenvalue weighted by atomic mass is 19.1. The van der Waals surface area contributed by atoms with Gasteiger partial charge in [-0.25, -0.2) is 4.39 Å². The van der Waals surface area contributed by atoms with Crippen molar-refractivity contribution in [3.05, 3.63) is 77.7 Å². The van der Waals surface area contributed by atoms with Crippen molar-refractivity contribution in [2.75, 3.05) is 0 Å². The van der Waals surface area contributed by atoms with Crippen LogP contribution in [0.3, 0.4) is 0 Å². The van der Waals surface area contributed by atoms with E-state index in [0.29, 0.717) is 0 Å². The van der Waals surface area contributed by atoms with Crippen molar-refractivity contribution < 1.29 is 9.18 Å². The summed E-state index contributed by atoms with van der Waals surface area (Å²) in [5.74, 6) is -0.127. The Morgan fingerprint density at radius 2 is 1.93 bits per heavy atom. The van der Waals surface area contributed by atoms with Gasteiger partial charge in [0.25, 0.3) is 5.91 Å². The highest BCUT2D eigenvalue weighted by molar-refractivity contribution is 6.06. The molecule has 0 aliphatic carbocycles. The van der Waals surface area contributed by atoms with Crippen LogP contribution in [0.2, 0.25) is 0 Å². The Kier molecular flexibility index (Phi) is 4.88. The molecule has 3 aromatic rings. The van der Waals surface area contributed by atoms with Crippen molar-refractivity contribution in [2.45, 2.75) is 44.7 Å². The molecule has 4 rings (SSSR count). The first-order chi connectivity index (χ1) is 13.1. The van der Waals surface area contributed by atoms with E-state index < -0.39 is 0 Å². The minimum atomic E-state index is -0.213. The van der Waals surface area contributed by atoms with E-state index >= 15 is 0 Å². The monoisotopic (exact) mass is 362 g/mol. The molecule has 4 heteroatoms. The second kappa shape index (κ2) is 7.47. The summed E-state index contributed by atoms with van der Waals surface area (Å²) in [6, 6.07) is 16.7. The molecular weight excluding hydrogens is 339 g/mol. The smallest absolute Gasteiger partial charge is 0.255 e. The normalized spacial score (nSPS) is 19.6. The number of hydrogen-bond acceptors (Lipinski definition) is 2. The molecule has 0 saturated carbocycles. The maximum absolute atomic E-state index is 13.4. The number of fused-ring (bicyclic) bond motifs is 1. The minimum Gasteiger partial charge on any atom is -0.333 e. The third kappa shape index (κ3) is 3.57. The van der Waals surface area contributed by atoms with Gasteiger partial charge >= 0.3 is 0 Å². The van der Waals surface area contributed by atoms with Crippen LogP contribution in [0.25, 0.3) is 10.9 Å². The molecule has 1 saturated heterocycles. The Hall–Kier alpha value is -2.75. The van der Waals surface area contributed by atoms with Crippen LogP contribution in [0, 0.1) is 5.82 Å². The molecule has 1 aromatic heterocycles. The Bertz CT molecular complexity index is 949. The molecule has 2 atom stereocenters. The molecule has 0 unspecified atom stereocenters. The number of hydrogen-bond donors (Lipinski definition) is 0. The van der Waals surface area contributed by atoms with Gasteiger partial charge in [0.15, 0.2) is 0 Å². The number of aromatic nitrogens is 1. The van der Waals surface area contributed by atoms with Gasteiger partial charge in [0.1, 0.15) is 5.82 Å². The molecule has 2 aromatic carbocycles. The van der Waals surface area contributed by atoms with Crippen molar-refractivity contribution >= 4 is 16.8 Å². The molecule has 3 nitrogen and oxygen atoms in total. The molecule has 1 aliphatic rings. The van der Waals surface area contributed by atoms with Crippen molar-refractivity contribution in [1.29, 1.82) is 0 Å². The predicted octanol–water partition coefficient (Wildman–Crippen LogP) is 5.00. The maximum Gasteiger partial charge on any atom is 0.255 e. The number of benzene rings is 2. The van der Waals surface area contributed by atoms with E-state index in [9.17, 15) is 9.18 Å². The lowest BCUT2D eigenvalue weighted by Gasteiger charge is -2.29. The summed E-state index contributed by atoms with van der Waals surface area (Å²) >= 11 is 0. The number of amides is 1. The first-order valence-corrected chi connectivity index (χ1v) is 9.54. The summed E-state index contributed by atoms with van der Waals surface area (Å²) in [7, 11) is 0. The van der Waals surface area contributed by atoms with Crippen LogP contribution in [-0.4, -0.2) is 27.9 Å². The molecule has 1 amide bonds. The number of pyridine rings is 1. The largest absolute Gasteiger partial charge is 0.333 e. The Balaban J connectivity index is 1.56. The number of rotatable bonds is 4. The quantitative estimate of drug-likeness (QED) is 0.654. The zero-order chi connectivity index (χ0) is 18.8. The fourth-order valence-corrected chi connectivity index (χ4v) is 4.13. The van der Waals surface area contributed by atoms with Crippen LogP contribution in [0.4, 0.5) is 4.39 Å². The third-order valence-corrected chi connectivity index (χ3v) is 5.58. The second-order valence-corrected chi connectivity index (χ2v) is 7.33. The molecule has 0 N–H and O–H groups in total. The number of carbonyl (C=O) groups excluding carboxylic acids is 1. The minimum absolute atomic E-state index is 0.0858. The number of carbonyl (C=O) groups is 1. The Morgan fingerprint density at radius 1 is 1.11 bits per heavy atom. The van der Waals surface area contributed by atoms with Gasteiger partial charge in [-0.15, -0.1) is 0 Å². The van der Waals surface area contributed by atoms with Crippen LogP contribution >= 0.6 is 0 Å². The number of nitrogens with zero attached hydrogens (tertiary/aromatic N) is 2. The summed E-state index contributed by atoms with van der Waals surface area (Å²) in [5, 5.41) is 0.904. The topological polar surface area (TPSA) is 33.2 Å².